The minimum absolute atomic E-state index is 0.305. The van der Waals surface area contributed by atoms with Gasteiger partial charge in [-0.15, -0.1) is 0 Å². The number of aromatic nitrogens is 3. The summed E-state index contributed by atoms with van der Waals surface area (Å²) in [6.07, 6.45) is 1.70. The molecule has 0 spiro atoms. The van der Waals surface area contributed by atoms with E-state index >= 15 is 0 Å². The Bertz CT molecular complexity index is 828. The van der Waals surface area contributed by atoms with Crippen LogP contribution in [0.5, 0.6) is 11.6 Å². The molecule has 2 aromatic heterocycles. The molecule has 8 nitrogen and oxygen atoms in total. The second-order valence-electron chi connectivity index (χ2n) is 8.06. The predicted molar refractivity (Wildman–Crippen MR) is 103 cm³/mol. The van der Waals surface area contributed by atoms with Gasteiger partial charge >= 0.3 is 7.12 Å². The van der Waals surface area contributed by atoms with Gasteiger partial charge in [0.15, 0.2) is 5.75 Å². The van der Waals surface area contributed by atoms with Crippen molar-refractivity contribution in [2.75, 3.05) is 13.7 Å². The molecule has 1 fully saturated rings. The predicted octanol–water partition coefficient (Wildman–Crippen LogP) is 1.70. The molecular formula is C19H26BN3O5. The molecule has 1 saturated heterocycles. The third-order valence-corrected chi connectivity index (χ3v) is 5.55. The van der Waals surface area contributed by atoms with Crippen molar-refractivity contribution in [2.45, 2.75) is 58.7 Å². The van der Waals surface area contributed by atoms with Gasteiger partial charge in [-0.1, -0.05) is 0 Å². The number of ether oxygens (including phenoxy) is 3. The summed E-state index contributed by atoms with van der Waals surface area (Å²) in [7, 11) is 1.09. The third kappa shape index (κ3) is 3.49. The van der Waals surface area contributed by atoms with Crippen molar-refractivity contribution in [2.24, 2.45) is 0 Å². The lowest BCUT2D eigenvalue weighted by atomic mass is 9.80. The number of methoxy groups -OCH3 is 1. The zero-order valence-electron chi connectivity index (χ0n) is 17.0. The SMILES string of the molecule is COc1cc(B2OC(C)(C)C(C)(C)O2)cnc1OCc1cc2n(n1)CCOC2. The summed E-state index contributed by atoms with van der Waals surface area (Å²) in [6.45, 7) is 10.4. The van der Waals surface area contributed by atoms with Crippen LogP contribution in [0, 0.1) is 0 Å². The van der Waals surface area contributed by atoms with Gasteiger partial charge in [-0.05, 0) is 39.8 Å². The van der Waals surface area contributed by atoms with E-state index in [0.29, 0.717) is 31.5 Å². The van der Waals surface area contributed by atoms with Gasteiger partial charge in [-0.3, -0.25) is 4.68 Å². The Labute approximate surface area is 165 Å². The molecule has 28 heavy (non-hydrogen) atoms. The Kier molecular flexibility index (Phi) is 4.85. The van der Waals surface area contributed by atoms with Crippen molar-refractivity contribution in [1.29, 1.82) is 0 Å². The summed E-state index contributed by atoms with van der Waals surface area (Å²) in [5.41, 5.74) is 1.85. The highest BCUT2D eigenvalue weighted by Crippen LogP contribution is 2.37. The van der Waals surface area contributed by atoms with Gasteiger partial charge < -0.3 is 23.5 Å². The maximum Gasteiger partial charge on any atom is 0.496 e. The molecule has 2 aliphatic rings. The first kappa shape index (κ1) is 19.2. The maximum absolute atomic E-state index is 6.08. The van der Waals surface area contributed by atoms with Crippen LogP contribution >= 0.6 is 0 Å². The van der Waals surface area contributed by atoms with Gasteiger partial charge in [0.1, 0.15) is 12.3 Å². The average Bonchev–Trinajstić information content (AvgIpc) is 3.17. The van der Waals surface area contributed by atoms with Crippen LogP contribution in [0.1, 0.15) is 39.1 Å². The fraction of sp³-hybridized carbons (Fsp3) is 0.579. The van der Waals surface area contributed by atoms with Crippen LogP contribution < -0.4 is 14.9 Å². The van der Waals surface area contributed by atoms with Gasteiger partial charge in [0.05, 0.1) is 43.8 Å². The highest BCUT2D eigenvalue weighted by molar-refractivity contribution is 6.62. The Morgan fingerprint density at radius 1 is 1.18 bits per heavy atom. The number of pyridine rings is 1. The van der Waals surface area contributed by atoms with Crippen molar-refractivity contribution in [3.8, 4) is 11.6 Å². The van der Waals surface area contributed by atoms with E-state index in [0.717, 1.165) is 23.4 Å². The van der Waals surface area contributed by atoms with Crippen molar-refractivity contribution in [3.63, 3.8) is 0 Å². The largest absolute Gasteiger partial charge is 0.496 e. The fourth-order valence-corrected chi connectivity index (χ4v) is 3.18. The second-order valence-corrected chi connectivity index (χ2v) is 8.06. The summed E-state index contributed by atoms with van der Waals surface area (Å²) in [4.78, 5) is 4.42. The number of hydrogen-bond acceptors (Lipinski definition) is 7. The van der Waals surface area contributed by atoms with Crippen molar-refractivity contribution in [3.05, 3.63) is 29.7 Å². The number of fused-ring (bicyclic) bond motifs is 1. The first-order chi connectivity index (χ1) is 13.3. The van der Waals surface area contributed by atoms with Crippen LogP contribution in [-0.2, 0) is 33.8 Å². The van der Waals surface area contributed by atoms with E-state index in [1.54, 1.807) is 13.3 Å². The fourth-order valence-electron chi connectivity index (χ4n) is 3.18. The van der Waals surface area contributed by atoms with E-state index in [2.05, 4.69) is 10.1 Å². The third-order valence-electron chi connectivity index (χ3n) is 5.55. The number of nitrogens with zero attached hydrogens (tertiary/aromatic N) is 3. The Morgan fingerprint density at radius 3 is 2.61 bits per heavy atom. The lowest BCUT2D eigenvalue weighted by Gasteiger charge is -2.32. The summed E-state index contributed by atoms with van der Waals surface area (Å²) in [5, 5.41) is 4.54. The summed E-state index contributed by atoms with van der Waals surface area (Å²) < 4.78 is 30.9. The highest BCUT2D eigenvalue weighted by Gasteiger charge is 2.52. The van der Waals surface area contributed by atoms with Crippen molar-refractivity contribution in [1.82, 2.24) is 14.8 Å². The summed E-state index contributed by atoms with van der Waals surface area (Å²) >= 11 is 0. The standard InChI is InChI=1S/C19H26BN3O5/c1-18(2)19(3,4)28-20(27-18)13-8-16(24-5)17(21-10-13)26-11-14-9-15-12-25-7-6-23(15)22-14/h8-10H,6-7,11-12H2,1-5H3. The van der Waals surface area contributed by atoms with Gasteiger partial charge in [-0.25, -0.2) is 4.98 Å². The van der Waals surface area contributed by atoms with Crippen LogP contribution in [0.4, 0.5) is 0 Å². The van der Waals surface area contributed by atoms with E-state index in [1.807, 2.05) is 44.5 Å². The molecule has 0 amide bonds. The highest BCUT2D eigenvalue weighted by atomic mass is 16.7. The monoisotopic (exact) mass is 387 g/mol. The maximum atomic E-state index is 6.08. The van der Waals surface area contributed by atoms with E-state index in [4.69, 9.17) is 23.5 Å². The molecule has 0 unspecified atom stereocenters. The lowest BCUT2D eigenvalue weighted by molar-refractivity contribution is 0.00578. The quantitative estimate of drug-likeness (QED) is 0.723. The van der Waals surface area contributed by atoms with Crippen LogP contribution in [0.2, 0.25) is 0 Å². The molecule has 0 aromatic carbocycles. The Balaban J connectivity index is 1.48. The normalized spacial score (nSPS) is 20.1. The topological polar surface area (TPSA) is 76.9 Å². The van der Waals surface area contributed by atoms with E-state index in [-0.39, 0.29) is 0 Å². The van der Waals surface area contributed by atoms with Gasteiger partial charge in [0, 0.05) is 11.7 Å². The Hall–Kier alpha value is -2.10. The van der Waals surface area contributed by atoms with E-state index in [9.17, 15) is 0 Å². The zero-order chi connectivity index (χ0) is 19.9. The van der Waals surface area contributed by atoms with Crippen LogP contribution in [0.15, 0.2) is 18.3 Å². The molecule has 4 heterocycles. The smallest absolute Gasteiger partial charge is 0.491 e. The molecule has 0 saturated carbocycles. The lowest BCUT2D eigenvalue weighted by Crippen LogP contribution is -2.41. The molecule has 0 radical (unpaired) electrons. The summed E-state index contributed by atoms with van der Waals surface area (Å²) in [5.74, 6) is 0.935. The molecule has 150 valence electrons. The molecule has 0 N–H and O–H groups in total. The molecule has 2 aromatic rings. The molecular weight excluding hydrogens is 361 g/mol. The van der Waals surface area contributed by atoms with Gasteiger partial charge in [-0.2, -0.15) is 5.10 Å². The van der Waals surface area contributed by atoms with Crippen LogP contribution in [0.3, 0.4) is 0 Å². The zero-order valence-corrected chi connectivity index (χ0v) is 17.0. The minimum atomic E-state index is -0.500. The summed E-state index contributed by atoms with van der Waals surface area (Å²) in [6, 6.07) is 3.83. The molecule has 9 heteroatoms. The van der Waals surface area contributed by atoms with E-state index in [1.165, 1.54) is 0 Å². The minimum Gasteiger partial charge on any atom is -0.491 e. The number of rotatable bonds is 5. The second kappa shape index (κ2) is 7.06. The molecule has 2 aliphatic heterocycles. The van der Waals surface area contributed by atoms with E-state index < -0.39 is 18.3 Å². The number of hydrogen-bond donors (Lipinski definition) is 0. The first-order valence-electron chi connectivity index (χ1n) is 9.45. The van der Waals surface area contributed by atoms with Crippen molar-refractivity contribution < 1.29 is 23.5 Å². The van der Waals surface area contributed by atoms with Gasteiger partial charge in [0.2, 0.25) is 0 Å². The van der Waals surface area contributed by atoms with Crippen molar-refractivity contribution >= 4 is 12.6 Å². The molecule has 0 atom stereocenters. The average molecular weight is 387 g/mol. The molecule has 0 aliphatic carbocycles. The van der Waals surface area contributed by atoms with Crippen LogP contribution in [0.25, 0.3) is 0 Å². The molecule has 4 rings (SSSR count). The molecule has 0 bridgehead atoms. The Morgan fingerprint density at radius 2 is 1.93 bits per heavy atom. The van der Waals surface area contributed by atoms with Gasteiger partial charge in [0.25, 0.3) is 5.88 Å². The first-order valence-corrected chi connectivity index (χ1v) is 9.45. The van der Waals surface area contributed by atoms with Crippen LogP contribution in [-0.4, -0.2) is 46.8 Å².